The molecule has 0 aromatic carbocycles. The molecule has 0 spiro atoms. The van der Waals surface area contributed by atoms with E-state index in [1.807, 2.05) is 0 Å². The summed E-state index contributed by atoms with van der Waals surface area (Å²) in [5.74, 6) is 0. The van der Waals surface area contributed by atoms with Crippen LogP contribution in [0, 0.1) is 0 Å². The quantitative estimate of drug-likeness (QED) is 0.267. The molecule has 0 amide bonds. The van der Waals surface area contributed by atoms with Crippen LogP contribution in [0.2, 0.25) is 0 Å². The SMILES string of the molecule is [O-]B([O-])[O-].[O-]B([O-])[O-].[SiH3]O[SiH3].[SiH3]O[SiH3].[SiH3]O[SiH3].[Zn+2].[Zn+2].[Zn+2]. The molecule has 0 bridgehead atoms. The maximum absolute atomic E-state index is 8.42. The summed E-state index contributed by atoms with van der Waals surface area (Å²) in [7, 11) is -0.250. The van der Waals surface area contributed by atoms with Crippen LogP contribution in [0.4, 0.5) is 0 Å². The maximum Gasteiger partial charge on any atom is 2.00 e. The molecule has 0 aliphatic heterocycles. The summed E-state index contributed by atoms with van der Waals surface area (Å²) >= 11 is 0. The van der Waals surface area contributed by atoms with Crippen molar-refractivity contribution in [3.05, 3.63) is 0 Å². The van der Waals surface area contributed by atoms with E-state index in [9.17, 15) is 0 Å². The average Bonchev–Trinajstić information content (AvgIpc) is 2.03. The summed E-state index contributed by atoms with van der Waals surface area (Å²) in [5.41, 5.74) is 0. The third-order valence-corrected chi connectivity index (χ3v) is 0. The molecule has 0 radical (unpaired) electrons. The smallest absolute Gasteiger partial charge is 0.907 e. The van der Waals surface area contributed by atoms with Crippen molar-refractivity contribution < 1.29 is 101 Å². The molecule has 9 nitrogen and oxygen atoms in total. The Hall–Kier alpha value is 2.94. The summed E-state index contributed by atoms with van der Waals surface area (Å²) < 4.78 is 13.6. The van der Waals surface area contributed by atoms with Crippen molar-refractivity contribution in [3.63, 3.8) is 0 Å². The maximum atomic E-state index is 8.42. The fraction of sp³-hybridized carbons (Fsp3) is 0. The van der Waals surface area contributed by atoms with Gasteiger partial charge in [0.05, 0.1) is 0 Å². The van der Waals surface area contributed by atoms with Gasteiger partial charge in [0.1, 0.15) is 62.9 Å². The third kappa shape index (κ3) is 963. The Morgan fingerprint density at radius 1 is 0.450 bits per heavy atom. The molecular weight excluding hydrogens is 530 g/mol. The Labute approximate surface area is 177 Å². The summed E-state index contributed by atoms with van der Waals surface area (Å²) in [5, 5.41) is 50.5. The van der Waals surface area contributed by atoms with E-state index < -0.39 is 14.6 Å². The van der Waals surface area contributed by atoms with Crippen LogP contribution in [-0.4, -0.2) is 77.6 Å². The van der Waals surface area contributed by atoms with Crippen molar-refractivity contribution in [2.45, 2.75) is 0 Å². The molecule has 108 valence electrons. The van der Waals surface area contributed by atoms with E-state index in [4.69, 9.17) is 30.1 Å². The first kappa shape index (κ1) is 49.5. The zero-order valence-electron chi connectivity index (χ0n) is 13.0. The molecule has 0 saturated carbocycles. The molecule has 0 rings (SSSR count). The van der Waals surface area contributed by atoms with Crippen LogP contribution in [0.15, 0.2) is 0 Å². The molecule has 0 aromatic heterocycles. The summed E-state index contributed by atoms with van der Waals surface area (Å²) in [4.78, 5) is 0. The Morgan fingerprint density at radius 3 is 0.450 bits per heavy atom. The van der Waals surface area contributed by atoms with E-state index in [-0.39, 0.29) is 58.4 Å². The molecule has 0 heterocycles. The number of rotatable bonds is 0. The Bertz CT molecular complexity index is 72.4. The first-order valence-electron chi connectivity index (χ1n) is 3.86. The van der Waals surface area contributed by atoms with Gasteiger partial charge in [0.15, 0.2) is 0 Å². The normalized spacial score (nSPS) is 6.30. The van der Waals surface area contributed by atoms with Crippen molar-refractivity contribution in [2.75, 3.05) is 0 Å². The summed E-state index contributed by atoms with van der Waals surface area (Å²) in [6.07, 6.45) is 0. The molecule has 0 fully saturated rings. The number of hydrogen-bond acceptors (Lipinski definition) is 9. The molecule has 0 N–H and O–H groups in total. The predicted octanol–water partition coefficient (Wildman–Crippen LogP) is -15.2. The topological polar surface area (TPSA) is 166 Å². The van der Waals surface area contributed by atoms with E-state index in [2.05, 4.69) is 12.3 Å². The van der Waals surface area contributed by atoms with Crippen LogP contribution in [0.5, 0.6) is 0 Å². The minimum Gasteiger partial charge on any atom is -0.907 e. The zero-order chi connectivity index (χ0) is 15.3. The van der Waals surface area contributed by atoms with Gasteiger partial charge in [-0.15, -0.1) is 0 Å². The first-order chi connectivity index (χ1) is 7.71. The molecule has 0 aromatic rings. The molecular formula is H18B2O9Si6Zn3. The largest absolute Gasteiger partial charge is 2.00 e. The molecule has 0 unspecified atom stereocenters. The van der Waals surface area contributed by atoms with Crippen molar-refractivity contribution in [3.8, 4) is 0 Å². The van der Waals surface area contributed by atoms with Crippen LogP contribution in [-0.2, 0) is 70.8 Å². The van der Waals surface area contributed by atoms with Gasteiger partial charge < -0.3 is 42.5 Å². The number of hydrogen-bond donors (Lipinski definition) is 0. The van der Waals surface area contributed by atoms with Gasteiger partial charge in [0, 0.05) is 0 Å². The second-order valence-electron chi connectivity index (χ2n) is 1.80. The van der Waals surface area contributed by atoms with Crippen LogP contribution in [0.1, 0.15) is 0 Å². The van der Waals surface area contributed by atoms with Gasteiger partial charge in [-0.05, 0) is 0 Å². The van der Waals surface area contributed by atoms with Gasteiger partial charge in [-0.1, -0.05) is 0 Å². The van der Waals surface area contributed by atoms with Crippen molar-refractivity contribution in [1.82, 2.24) is 0 Å². The van der Waals surface area contributed by atoms with Gasteiger partial charge in [0.2, 0.25) is 0 Å². The summed E-state index contributed by atoms with van der Waals surface area (Å²) in [6.45, 7) is 0. The molecule has 0 atom stereocenters. The van der Waals surface area contributed by atoms with Gasteiger partial charge in [-0.25, -0.2) is 0 Å². The van der Waals surface area contributed by atoms with Gasteiger partial charge in [0.25, 0.3) is 0 Å². The van der Waals surface area contributed by atoms with Crippen molar-refractivity contribution in [2.24, 2.45) is 0 Å². The van der Waals surface area contributed by atoms with E-state index in [1.165, 1.54) is 0 Å². The van der Waals surface area contributed by atoms with Gasteiger partial charge >= 0.3 is 58.4 Å². The van der Waals surface area contributed by atoms with E-state index in [0.717, 1.165) is 62.9 Å². The van der Waals surface area contributed by atoms with Crippen LogP contribution >= 0.6 is 0 Å². The third-order valence-electron chi connectivity index (χ3n) is 0. The summed E-state index contributed by atoms with van der Waals surface area (Å²) in [6, 6.07) is 0. The molecule has 20 heteroatoms. The molecule has 20 heavy (non-hydrogen) atoms. The second kappa shape index (κ2) is 67.5. The minimum absolute atomic E-state index is 0. The molecule has 0 aliphatic carbocycles. The van der Waals surface area contributed by atoms with Crippen LogP contribution < -0.4 is 30.1 Å². The monoisotopic (exact) mass is 544 g/mol. The average molecular weight is 548 g/mol. The Kier molecular flexibility index (Phi) is 167. The van der Waals surface area contributed by atoms with E-state index in [1.54, 1.807) is 0 Å². The minimum atomic E-state index is -2.92. The fourth-order valence-corrected chi connectivity index (χ4v) is 0. The standard InChI is InChI=1S/2BO3.3H6OSi2.3Zn/c2*2-1(3)4;3*2-1-3;;;/h;;3*2-3H3;;;/q2*-3;;;;3*+2. The van der Waals surface area contributed by atoms with Crippen LogP contribution in [0.3, 0.4) is 0 Å². The van der Waals surface area contributed by atoms with Crippen molar-refractivity contribution in [1.29, 1.82) is 0 Å². The molecule has 0 aliphatic rings. The Morgan fingerprint density at radius 2 is 0.450 bits per heavy atom. The first-order valence-corrected chi connectivity index (χ1v) is 8.76. The van der Waals surface area contributed by atoms with Crippen molar-refractivity contribution >= 4 is 77.6 Å². The fourth-order valence-electron chi connectivity index (χ4n) is 0. The predicted molar refractivity (Wildman–Crippen MR) is 74.4 cm³/mol. The van der Waals surface area contributed by atoms with E-state index in [0.29, 0.717) is 0 Å². The molecule has 0 saturated heterocycles. The van der Waals surface area contributed by atoms with E-state index >= 15 is 0 Å². The van der Waals surface area contributed by atoms with Gasteiger partial charge in [-0.2, -0.15) is 0 Å². The second-order valence-corrected chi connectivity index (χ2v) is 11.6. The van der Waals surface area contributed by atoms with Crippen LogP contribution in [0.25, 0.3) is 0 Å². The van der Waals surface area contributed by atoms with Gasteiger partial charge in [-0.3, -0.25) is 14.6 Å². The zero-order valence-corrected chi connectivity index (χ0v) is 33.9. The Balaban J connectivity index is -0.0000000146.